The Balaban J connectivity index is 1.72. The van der Waals surface area contributed by atoms with Crippen molar-refractivity contribution in [3.63, 3.8) is 0 Å². The highest BCUT2D eigenvalue weighted by molar-refractivity contribution is 5.96. The van der Waals surface area contributed by atoms with Gasteiger partial charge >= 0.3 is 0 Å². The van der Waals surface area contributed by atoms with Crippen LogP contribution in [-0.2, 0) is 0 Å². The first-order chi connectivity index (χ1) is 10.5. The minimum absolute atomic E-state index is 0.00554. The molecule has 4 heteroatoms. The van der Waals surface area contributed by atoms with E-state index in [0.29, 0.717) is 17.2 Å². The number of nitrogens with zero attached hydrogens (tertiary/aromatic N) is 1. The van der Waals surface area contributed by atoms with Crippen LogP contribution in [-0.4, -0.2) is 37.0 Å². The molecule has 1 fully saturated rings. The molecule has 1 aromatic rings. The quantitative estimate of drug-likeness (QED) is 0.876. The Hall–Kier alpha value is -1.29. The van der Waals surface area contributed by atoms with Crippen LogP contribution in [0.4, 0.5) is 0 Å². The third-order valence-corrected chi connectivity index (χ3v) is 4.67. The first-order valence-electron chi connectivity index (χ1n) is 8.52. The maximum Gasteiger partial charge on any atom is 0.255 e. The molecule has 0 radical (unpaired) electrons. The van der Waals surface area contributed by atoms with Gasteiger partial charge in [-0.3, -0.25) is 4.79 Å². The van der Waals surface area contributed by atoms with Crippen LogP contribution in [0, 0.1) is 25.7 Å². The summed E-state index contributed by atoms with van der Waals surface area (Å²) in [5.41, 5.74) is 1.62. The van der Waals surface area contributed by atoms with Crippen molar-refractivity contribution in [3.05, 3.63) is 23.2 Å². The fourth-order valence-corrected chi connectivity index (χ4v) is 3.09. The number of carbonyl (C=O) groups is 1. The molecule has 1 saturated heterocycles. The van der Waals surface area contributed by atoms with E-state index in [1.807, 2.05) is 13.8 Å². The van der Waals surface area contributed by atoms with Gasteiger partial charge in [0.2, 0.25) is 0 Å². The van der Waals surface area contributed by atoms with E-state index in [1.54, 1.807) is 6.26 Å². The van der Waals surface area contributed by atoms with Crippen LogP contribution in [0.2, 0.25) is 0 Å². The van der Waals surface area contributed by atoms with Gasteiger partial charge in [-0.25, -0.2) is 0 Å². The van der Waals surface area contributed by atoms with E-state index in [0.717, 1.165) is 31.1 Å². The van der Waals surface area contributed by atoms with Crippen LogP contribution in [0.25, 0.3) is 0 Å². The molecule has 0 aromatic carbocycles. The number of hydrogen-bond donors (Lipinski definition) is 1. The van der Waals surface area contributed by atoms with E-state index in [-0.39, 0.29) is 5.91 Å². The Kier molecular flexibility index (Phi) is 6.07. The molecule has 124 valence electrons. The third kappa shape index (κ3) is 4.60. The zero-order chi connectivity index (χ0) is 16.1. The minimum atomic E-state index is 0.00554. The average Bonchev–Trinajstić information content (AvgIpc) is 2.83. The number of rotatable bonds is 6. The van der Waals surface area contributed by atoms with Crippen molar-refractivity contribution in [2.24, 2.45) is 11.8 Å². The monoisotopic (exact) mass is 306 g/mol. The van der Waals surface area contributed by atoms with Gasteiger partial charge in [0.25, 0.3) is 5.91 Å². The lowest BCUT2D eigenvalue weighted by molar-refractivity contribution is 0.0933. The number of hydrogen-bond acceptors (Lipinski definition) is 3. The predicted octanol–water partition coefficient (Wildman–Crippen LogP) is 3.38. The maximum atomic E-state index is 12.3. The summed E-state index contributed by atoms with van der Waals surface area (Å²) in [6.07, 6.45) is 5.29. The van der Waals surface area contributed by atoms with E-state index in [4.69, 9.17) is 4.42 Å². The Labute approximate surface area is 134 Å². The van der Waals surface area contributed by atoms with Gasteiger partial charge in [-0.2, -0.15) is 0 Å². The van der Waals surface area contributed by atoms with Crippen LogP contribution in [0.1, 0.15) is 54.8 Å². The smallest absolute Gasteiger partial charge is 0.255 e. The van der Waals surface area contributed by atoms with Gasteiger partial charge in [-0.05, 0) is 64.6 Å². The van der Waals surface area contributed by atoms with Crippen LogP contribution >= 0.6 is 0 Å². The highest BCUT2D eigenvalue weighted by atomic mass is 16.3. The zero-order valence-corrected chi connectivity index (χ0v) is 14.4. The van der Waals surface area contributed by atoms with E-state index in [1.165, 1.54) is 25.8 Å². The lowest BCUT2D eigenvalue weighted by Crippen LogP contribution is -2.39. The predicted molar refractivity (Wildman–Crippen MR) is 89.1 cm³/mol. The van der Waals surface area contributed by atoms with Crippen molar-refractivity contribution in [1.82, 2.24) is 10.2 Å². The topological polar surface area (TPSA) is 45.5 Å². The van der Waals surface area contributed by atoms with E-state index >= 15 is 0 Å². The molecule has 4 nitrogen and oxygen atoms in total. The van der Waals surface area contributed by atoms with Crippen LogP contribution in [0.5, 0.6) is 0 Å². The summed E-state index contributed by atoms with van der Waals surface area (Å²) in [5.74, 6) is 2.09. The highest BCUT2D eigenvalue weighted by Gasteiger charge is 2.21. The molecule has 0 saturated carbocycles. The van der Waals surface area contributed by atoms with Crippen molar-refractivity contribution in [2.75, 3.05) is 26.2 Å². The summed E-state index contributed by atoms with van der Waals surface area (Å²) in [6, 6.07) is 0. The summed E-state index contributed by atoms with van der Waals surface area (Å²) in [7, 11) is 0. The number of likely N-dealkylation sites (tertiary alicyclic amines) is 1. The second-order valence-electron chi connectivity index (χ2n) is 7.03. The third-order valence-electron chi connectivity index (χ3n) is 4.67. The zero-order valence-electron chi connectivity index (χ0n) is 14.4. The Morgan fingerprint density at radius 2 is 2.05 bits per heavy atom. The van der Waals surface area contributed by atoms with Gasteiger partial charge in [-0.1, -0.05) is 13.8 Å². The molecule has 1 amide bonds. The second kappa shape index (κ2) is 7.82. The normalized spacial score (nSPS) is 17.1. The Morgan fingerprint density at radius 3 is 2.59 bits per heavy atom. The van der Waals surface area contributed by atoms with Gasteiger partial charge in [-0.15, -0.1) is 0 Å². The minimum Gasteiger partial charge on any atom is -0.469 e. The summed E-state index contributed by atoms with van der Waals surface area (Å²) < 4.78 is 5.30. The average molecular weight is 306 g/mol. The van der Waals surface area contributed by atoms with Gasteiger partial charge in [0, 0.05) is 12.1 Å². The van der Waals surface area contributed by atoms with E-state index in [9.17, 15) is 4.79 Å². The first-order valence-corrected chi connectivity index (χ1v) is 8.52. The van der Waals surface area contributed by atoms with Crippen molar-refractivity contribution in [2.45, 2.75) is 47.0 Å². The highest BCUT2D eigenvalue weighted by Crippen LogP contribution is 2.19. The molecule has 1 aliphatic rings. The van der Waals surface area contributed by atoms with Crippen molar-refractivity contribution < 1.29 is 9.21 Å². The number of aryl methyl sites for hydroxylation is 2. The van der Waals surface area contributed by atoms with Gasteiger partial charge in [0.15, 0.2) is 0 Å². The number of piperidine rings is 1. The van der Waals surface area contributed by atoms with Crippen molar-refractivity contribution in [3.8, 4) is 0 Å². The number of amides is 1. The van der Waals surface area contributed by atoms with Crippen LogP contribution < -0.4 is 5.32 Å². The molecule has 0 atom stereocenters. The molecule has 0 aliphatic carbocycles. The first kappa shape index (κ1) is 17.1. The van der Waals surface area contributed by atoms with Gasteiger partial charge in [0.1, 0.15) is 5.76 Å². The fourth-order valence-electron chi connectivity index (χ4n) is 3.09. The Bertz CT molecular complexity index is 466. The summed E-state index contributed by atoms with van der Waals surface area (Å²) >= 11 is 0. The molecule has 2 rings (SSSR count). The number of furan rings is 1. The van der Waals surface area contributed by atoms with Crippen LogP contribution in [0.3, 0.4) is 0 Å². The number of carbonyl (C=O) groups excluding carboxylic acids is 1. The molecule has 1 N–H and O–H groups in total. The molecule has 1 aromatic heterocycles. The SMILES string of the molecule is Cc1coc(C)c1C(=O)NCC1CCN(CCC(C)C)CC1. The molecule has 0 spiro atoms. The van der Waals surface area contributed by atoms with E-state index < -0.39 is 0 Å². The lowest BCUT2D eigenvalue weighted by atomic mass is 9.96. The molecular weight excluding hydrogens is 276 g/mol. The number of nitrogens with one attached hydrogen (secondary N) is 1. The fraction of sp³-hybridized carbons (Fsp3) is 0.722. The van der Waals surface area contributed by atoms with Gasteiger partial charge in [0.05, 0.1) is 11.8 Å². The molecular formula is C18H30N2O2. The van der Waals surface area contributed by atoms with Crippen LogP contribution in [0.15, 0.2) is 10.7 Å². The van der Waals surface area contributed by atoms with Gasteiger partial charge < -0.3 is 14.6 Å². The molecule has 2 heterocycles. The summed E-state index contributed by atoms with van der Waals surface area (Å²) in [4.78, 5) is 14.8. The van der Waals surface area contributed by atoms with Crippen molar-refractivity contribution in [1.29, 1.82) is 0 Å². The molecule has 0 bridgehead atoms. The Morgan fingerprint density at radius 1 is 1.36 bits per heavy atom. The summed E-state index contributed by atoms with van der Waals surface area (Å²) in [6.45, 7) is 12.6. The molecule has 22 heavy (non-hydrogen) atoms. The van der Waals surface area contributed by atoms with Crippen molar-refractivity contribution >= 4 is 5.91 Å². The standard InChI is InChI=1S/C18H30N2O2/c1-13(2)5-8-20-9-6-16(7-10-20)11-19-18(21)17-14(3)12-22-15(17)4/h12-13,16H,5-11H2,1-4H3,(H,19,21). The summed E-state index contributed by atoms with van der Waals surface area (Å²) in [5, 5.41) is 3.08. The largest absolute Gasteiger partial charge is 0.469 e. The molecule has 1 aliphatic heterocycles. The second-order valence-corrected chi connectivity index (χ2v) is 7.03. The molecule has 0 unspecified atom stereocenters. The maximum absolute atomic E-state index is 12.3. The van der Waals surface area contributed by atoms with E-state index in [2.05, 4.69) is 24.1 Å². The lowest BCUT2D eigenvalue weighted by Gasteiger charge is -2.32.